The highest BCUT2D eigenvalue weighted by molar-refractivity contribution is 7.18. The van der Waals surface area contributed by atoms with Crippen molar-refractivity contribution in [3.05, 3.63) is 39.2 Å². The molecule has 94 valence electrons. The van der Waals surface area contributed by atoms with E-state index in [4.69, 9.17) is 28.9 Å². The van der Waals surface area contributed by atoms with Crippen LogP contribution in [0.15, 0.2) is 24.3 Å². The van der Waals surface area contributed by atoms with Gasteiger partial charge in [0.2, 0.25) is 0 Å². The Morgan fingerprint density at radius 3 is 2.78 bits per heavy atom. The zero-order chi connectivity index (χ0) is 13.3. The normalized spacial score (nSPS) is 10.4. The fourth-order valence-corrected chi connectivity index (χ4v) is 2.97. The Balaban J connectivity index is 2.53. The largest absolute Gasteiger partial charge is 0.465 e. The van der Waals surface area contributed by atoms with Crippen LogP contribution in [-0.2, 0) is 4.74 Å². The minimum atomic E-state index is -0.457. The van der Waals surface area contributed by atoms with Gasteiger partial charge in [0, 0.05) is 10.4 Å². The van der Waals surface area contributed by atoms with Crippen molar-refractivity contribution >= 4 is 46.2 Å². The Kier molecular flexibility index (Phi) is 3.80. The lowest BCUT2D eigenvalue weighted by Crippen LogP contribution is -2.00. The van der Waals surface area contributed by atoms with Crippen LogP contribution in [0, 0.1) is 0 Å². The van der Waals surface area contributed by atoms with E-state index in [1.807, 2.05) is 6.07 Å². The van der Waals surface area contributed by atoms with Crippen molar-refractivity contribution in [3.8, 4) is 10.4 Å². The zero-order valence-corrected chi connectivity index (χ0v) is 11.7. The van der Waals surface area contributed by atoms with Gasteiger partial charge >= 0.3 is 5.97 Å². The Bertz CT molecular complexity index is 610. The lowest BCUT2D eigenvalue weighted by Gasteiger charge is -2.02. The fourth-order valence-electron chi connectivity index (χ4n) is 1.48. The van der Waals surface area contributed by atoms with E-state index in [1.165, 1.54) is 18.4 Å². The third kappa shape index (κ3) is 2.32. The Hall–Kier alpha value is -1.23. The maximum Gasteiger partial charge on any atom is 0.350 e. The standard InChI is InChI=1S/C12H9Cl2NO2S/c1-17-12(16)11-8(15)5-9(18-11)6-3-2-4-7(13)10(6)14/h2-5H,15H2,1H3. The monoisotopic (exact) mass is 301 g/mol. The number of carbonyl (C=O) groups is 1. The molecule has 3 nitrogen and oxygen atoms in total. The van der Waals surface area contributed by atoms with Gasteiger partial charge < -0.3 is 10.5 Å². The Morgan fingerprint density at radius 1 is 1.39 bits per heavy atom. The highest BCUT2D eigenvalue weighted by atomic mass is 35.5. The van der Waals surface area contributed by atoms with Gasteiger partial charge in [-0.3, -0.25) is 0 Å². The number of rotatable bonds is 2. The molecule has 0 unspecified atom stereocenters. The van der Waals surface area contributed by atoms with Gasteiger partial charge in [0.05, 0.1) is 22.8 Å². The summed E-state index contributed by atoms with van der Waals surface area (Å²) in [7, 11) is 1.31. The molecule has 0 fully saturated rings. The Labute approximate surface area is 118 Å². The molecule has 0 aliphatic rings. The van der Waals surface area contributed by atoms with Gasteiger partial charge in [-0.15, -0.1) is 11.3 Å². The van der Waals surface area contributed by atoms with Gasteiger partial charge in [-0.1, -0.05) is 35.3 Å². The van der Waals surface area contributed by atoms with E-state index >= 15 is 0 Å². The average Bonchev–Trinajstić information content (AvgIpc) is 2.73. The number of methoxy groups -OCH3 is 1. The molecule has 1 aromatic heterocycles. The lowest BCUT2D eigenvalue weighted by atomic mass is 10.2. The van der Waals surface area contributed by atoms with Crippen molar-refractivity contribution in [3.63, 3.8) is 0 Å². The number of esters is 1. The number of anilines is 1. The molecule has 2 rings (SSSR count). The van der Waals surface area contributed by atoms with E-state index in [1.54, 1.807) is 18.2 Å². The molecule has 0 saturated heterocycles. The predicted octanol–water partition coefficient (Wildman–Crippen LogP) is 4.09. The van der Waals surface area contributed by atoms with E-state index in [-0.39, 0.29) is 0 Å². The molecular formula is C12H9Cl2NO2S. The number of nitrogen functional groups attached to an aromatic ring is 1. The van der Waals surface area contributed by atoms with Crippen molar-refractivity contribution in [1.29, 1.82) is 0 Å². The molecule has 18 heavy (non-hydrogen) atoms. The lowest BCUT2D eigenvalue weighted by molar-refractivity contribution is 0.0607. The van der Waals surface area contributed by atoms with E-state index < -0.39 is 5.97 Å². The molecule has 1 heterocycles. The van der Waals surface area contributed by atoms with Crippen LogP contribution in [0.2, 0.25) is 10.0 Å². The molecule has 2 aromatic rings. The molecule has 0 atom stereocenters. The van der Waals surface area contributed by atoms with E-state index in [2.05, 4.69) is 4.74 Å². The summed E-state index contributed by atoms with van der Waals surface area (Å²) in [6, 6.07) is 7.00. The highest BCUT2D eigenvalue weighted by Crippen LogP contribution is 2.39. The second-order valence-corrected chi connectivity index (χ2v) is 5.33. The first-order valence-corrected chi connectivity index (χ1v) is 6.54. The minimum Gasteiger partial charge on any atom is -0.465 e. The topological polar surface area (TPSA) is 52.3 Å². The number of carbonyl (C=O) groups excluding carboxylic acids is 1. The fraction of sp³-hybridized carbons (Fsp3) is 0.0833. The van der Waals surface area contributed by atoms with E-state index in [0.29, 0.717) is 20.6 Å². The van der Waals surface area contributed by atoms with Crippen LogP contribution in [-0.4, -0.2) is 13.1 Å². The summed E-state index contributed by atoms with van der Waals surface area (Å²) in [6.07, 6.45) is 0. The number of thiophene rings is 1. The summed E-state index contributed by atoms with van der Waals surface area (Å²) < 4.78 is 4.65. The molecule has 0 radical (unpaired) electrons. The zero-order valence-electron chi connectivity index (χ0n) is 9.37. The SMILES string of the molecule is COC(=O)c1sc(-c2cccc(Cl)c2Cl)cc1N. The van der Waals surface area contributed by atoms with Crippen LogP contribution < -0.4 is 5.73 Å². The van der Waals surface area contributed by atoms with Crippen molar-refractivity contribution in [2.24, 2.45) is 0 Å². The van der Waals surface area contributed by atoms with Gasteiger partial charge in [-0.05, 0) is 12.1 Å². The molecule has 0 amide bonds. The van der Waals surface area contributed by atoms with Crippen LogP contribution in [0.1, 0.15) is 9.67 Å². The number of ether oxygens (including phenoxy) is 1. The van der Waals surface area contributed by atoms with Crippen molar-refractivity contribution in [2.75, 3.05) is 12.8 Å². The predicted molar refractivity (Wildman–Crippen MR) is 75.5 cm³/mol. The summed E-state index contributed by atoms with van der Waals surface area (Å²) in [5, 5.41) is 0.901. The molecule has 1 aromatic carbocycles. The second kappa shape index (κ2) is 5.18. The molecular weight excluding hydrogens is 293 g/mol. The second-order valence-electron chi connectivity index (χ2n) is 3.49. The van der Waals surface area contributed by atoms with Crippen molar-refractivity contribution in [2.45, 2.75) is 0 Å². The van der Waals surface area contributed by atoms with Crippen LogP contribution in [0.4, 0.5) is 5.69 Å². The first-order valence-electron chi connectivity index (χ1n) is 4.96. The molecule has 0 bridgehead atoms. The van der Waals surface area contributed by atoms with Crippen molar-refractivity contribution < 1.29 is 9.53 Å². The third-order valence-electron chi connectivity index (χ3n) is 2.35. The minimum absolute atomic E-state index is 0.364. The highest BCUT2D eigenvalue weighted by Gasteiger charge is 2.17. The van der Waals surface area contributed by atoms with Gasteiger partial charge in [-0.2, -0.15) is 0 Å². The number of benzene rings is 1. The molecule has 0 spiro atoms. The molecule has 0 saturated carbocycles. The summed E-state index contributed by atoms with van der Waals surface area (Å²) in [4.78, 5) is 12.6. The van der Waals surface area contributed by atoms with Gasteiger partial charge in [-0.25, -0.2) is 4.79 Å². The van der Waals surface area contributed by atoms with Crippen LogP contribution >= 0.6 is 34.5 Å². The summed E-state index contributed by atoms with van der Waals surface area (Å²) in [5.74, 6) is -0.457. The quantitative estimate of drug-likeness (QED) is 0.850. The van der Waals surface area contributed by atoms with Crippen LogP contribution in [0.5, 0.6) is 0 Å². The number of hydrogen-bond acceptors (Lipinski definition) is 4. The maximum absolute atomic E-state index is 11.5. The maximum atomic E-state index is 11.5. The number of halogens is 2. The first kappa shape index (κ1) is 13.2. The summed E-state index contributed by atoms with van der Waals surface area (Å²) >= 11 is 13.3. The summed E-state index contributed by atoms with van der Waals surface area (Å²) in [5.41, 5.74) is 6.90. The summed E-state index contributed by atoms with van der Waals surface area (Å²) in [6.45, 7) is 0. The average molecular weight is 302 g/mol. The Morgan fingerprint density at radius 2 is 2.11 bits per heavy atom. The molecule has 0 aliphatic carbocycles. The third-order valence-corrected chi connectivity index (χ3v) is 4.33. The van der Waals surface area contributed by atoms with Crippen LogP contribution in [0.25, 0.3) is 10.4 Å². The molecule has 2 N–H and O–H groups in total. The van der Waals surface area contributed by atoms with Crippen LogP contribution in [0.3, 0.4) is 0 Å². The number of hydrogen-bond donors (Lipinski definition) is 1. The van der Waals surface area contributed by atoms with E-state index in [9.17, 15) is 4.79 Å². The van der Waals surface area contributed by atoms with E-state index in [0.717, 1.165) is 10.4 Å². The first-order chi connectivity index (χ1) is 8.54. The smallest absolute Gasteiger partial charge is 0.350 e. The molecule has 6 heteroatoms. The van der Waals surface area contributed by atoms with Crippen molar-refractivity contribution in [1.82, 2.24) is 0 Å². The number of nitrogens with two attached hydrogens (primary N) is 1. The van der Waals surface area contributed by atoms with Gasteiger partial charge in [0.1, 0.15) is 4.88 Å². The van der Waals surface area contributed by atoms with Gasteiger partial charge in [0.15, 0.2) is 0 Å². The van der Waals surface area contributed by atoms with Gasteiger partial charge in [0.25, 0.3) is 0 Å². The molecule has 0 aliphatic heterocycles.